The molecule has 0 saturated carbocycles. The maximum atomic E-state index is 14.6. The predicted octanol–water partition coefficient (Wildman–Crippen LogP) is 4.12. The summed E-state index contributed by atoms with van der Waals surface area (Å²) in [5.74, 6) is 1.09. The first-order chi connectivity index (χ1) is 18.4. The molecule has 3 aromatic carbocycles. The van der Waals surface area contributed by atoms with Crippen LogP contribution in [0.5, 0.6) is 11.6 Å². The zero-order valence-corrected chi connectivity index (χ0v) is 20.6. The van der Waals surface area contributed by atoms with Gasteiger partial charge in [0.05, 0.1) is 12.3 Å². The molecule has 0 fully saturated rings. The van der Waals surface area contributed by atoms with Crippen molar-refractivity contribution in [3.05, 3.63) is 100 Å². The van der Waals surface area contributed by atoms with Gasteiger partial charge in [-0.2, -0.15) is 0 Å². The van der Waals surface area contributed by atoms with Crippen LogP contribution in [0, 0.1) is 18.2 Å². The van der Waals surface area contributed by atoms with Crippen LogP contribution >= 0.6 is 0 Å². The number of nitrogens with zero attached hydrogens (tertiary/aromatic N) is 1. The summed E-state index contributed by atoms with van der Waals surface area (Å²) in [4.78, 5) is 29.1. The van der Waals surface area contributed by atoms with Crippen LogP contribution in [-0.2, 0) is 16.0 Å². The first-order valence-electron chi connectivity index (χ1n) is 11.8. The lowest BCUT2D eigenvalue weighted by Gasteiger charge is -2.19. The van der Waals surface area contributed by atoms with Crippen molar-refractivity contribution in [1.82, 2.24) is 9.55 Å². The van der Waals surface area contributed by atoms with Gasteiger partial charge < -0.3 is 24.9 Å². The van der Waals surface area contributed by atoms with Crippen molar-refractivity contribution < 1.29 is 23.8 Å². The minimum Gasteiger partial charge on any atom is -0.493 e. The second-order valence-corrected chi connectivity index (χ2v) is 8.40. The lowest BCUT2D eigenvalue weighted by Crippen LogP contribution is -2.33. The van der Waals surface area contributed by atoms with Crippen molar-refractivity contribution in [2.75, 3.05) is 25.6 Å². The number of H-pyrrole nitrogens is 1. The molecule has 3 N–H and O–H groups in total. The second kappa shape index (κ2) is 12.0. The lowest BCUT2D eigenvalue weighted by molar-refractivity contribution is -0.119. The Kier molecular flexibility index (Phi) is 8.26. The van der Waals surface area contributed by atoms with Gasteiger partial charge in [0, 0.05) is 24.7 Å². The highest BCUT2D eigenvalue weighted by Gasteiger charge is 2.28. The number of halogens is 1. The lowest BCUT2D eigenvalue weighted by atomic mass is 10.0. The van der Waals surface area contributed by atoms with E-state index in [1.54, 1.807) is 55.6 Å². The number of imidazole rings is 1. The van der Waals surface area contributed by atoms with Gasteiger partial charge in [0.25, 0.3) is 0 Å². The van der Waals surface area contributed by atoms with Crippen LogP contribution in [0.3, 0.4) is 0 Å². The molecule has 1 atom stereocenters. The SMILES string of the molecule is C#Cc1ccc(NC(=O)[C@H](Cc2ccccc2)n2c(O)c(-c3ccc(OCCOC)cc3)[nH]c2=O)c(F)c1. The Morgan fingerprint density at radius 1 is 1.13 bits per heavy atom. The molecule has 8 nitrogen and oxygen atoms in total. The quantitative estimate of drug-likeness (QED) is 0.218. The van der Waals surface area contributed by atoms with Crippen molar-refractivity contribution in [2.45, 2.75) is 12.5 Å². The van der Waals surface area contributed by atoms with Crippen LogP contribution in [0.15, 0.2) is 77.6 Å². The van der Waals surface area contributed by atoms with Gasteiger partial charge in [-0.25, -0.2) is 13.8 Å². The minimum absolute atomic E-state index is 0.0633. The number of aromatic nitrogens is 2. The van der Waals surface area contributed by atoms with Gasteiger partial charge in [-0.1, -0.05) is 36.3 Å². The molecule has 0 radical (unpaired) electrons. The number of hydrogen-bond donors (Lipinski definition) is 3. The van der Waals surface area contributed by atoms with Gasteiger partial charge in [0.15, 0.2) is 0 Å². The van der Waals surface area contributed by atoms with E-state index in [1.807, 2.05) is 6.07 Å². The van der Waals surface area contributed by atoms with E-state index < -0.39 is 29.3 Å². The molecule has 38 heavy (non-hydrogen) atoms. The molecule has 0 saturated heterocycles. The summed E-state index contributed by atoms with van der Waals surface area (Å²) in [7, 11) is 1.58. The van der Waals surface area contributed by atoms with Crippen molar-refractivity contribution in [3.8, 4) is 35.2 Å². The number of aromatic amines is 1. The molecule has 1 aromatic heterocycles. The van der Waals surface area contributed by atoms with E-state index in [9.17, 15) is 19.1 Å². The van der Waals surface area contributed by atoms with E-state index in [0.29, 0.717) is 30.1 Å². The molecule has 0 aliphatic carbocycles. The highest BCUT2D eigenvalue weighted by Crippen LogP contribution is 2.31. The molecular weight excluding hydrogens is 489 g/mol. The third-order valence-corrected chi connectivity index (χ3v) is 5.88. The number of aromatic hydroxyl groups is 1. The fourth-order valence-corrected chi connectivity index (χ4v) is 3.95. The van der Waals surface area contributed by atoms with Gasteiger partial charge in [0.2, 0.25) is 11.8 Å². The standard InChI is InChI=1S/C29H26FN3O5/c1-3-19-9-14-24(23(30)17-19)31-27(34)25(18-20-7-5-4-6-8-20)33-28(35)26(32-29(33)36)21-10-12-22(13-11-21)38-16-15-37-2/h1,4-14,17,25,35H,15-16,18H2,2H3,(H,31,34)(H,32,36)/t25-/m0/s1. The van der Waals surface area contributed by atoms with Crippen LogP contribution in [0.25, 0.3) is 11.3 Å². The van der Waals surface area contributed by atoms with Gasteiger partial charge in [0.1, 0.15) is 29.9 Å². The predicted molar refractivity (Wildman–Crippen MR) is 142 cm³/mol. The van der Waals surface area contributed by atoms with E-state index in [0.717, 1.165) is 16.2 Å². The number of carbonyl (C=O) groups excluding carboxylic acids is 1. The molecule has 0 aliphatic rings. The average Bonchev–Trinajstić information content (AvgIpc) is 3.22. The second-order valence-electron chi connectivity index (χ2n) is 8.40. The van der Waals surface area contributed by atoms with E-state index in [4.69, 9.17) is 15.9 Å². The number of terminal acetylenes is 1. The monoisotopic (exact) mass is 515 g/mol. The van der Waals surface area contributed by atoms with Crippen molar-refractivity contribution >= 4 is 11.6 Å². The Morgan fingerprint density at radius 2 is 1.87 bits per heavy atom. The molecule has 0 aliphatic heterocycles. The summed E-state index contributed by atoms with van der Waals surface area (Å²) in [6.07, 6.45) is 5.38. The van der Waals surface area contributed by atoms with E-state index in [2.05, 4.69) is 16.2 Å². The number of benzene rings is 3. The maximum Gasteiger partial charge on any atom is 0.329 e. The number of hydrogen-bond acceptors (Lipinski definition) is 5. The Bertz CT molecular complexity index is 1500. The number of rotatable bonds is 10. The molecule has 194 valence electrons. The maximum absolute atomic E-state index is 14.6. The smallest absolute Gasteiger partial charge is 0.329 e. The molecule has 0 bridgehead atoms. The van der Waals surface area contributed by atoms with Gasteiger partial charge in [-0.15, -0.1) is 6.42 Å². The molecule has 0 spiro atoms. The summed E-state index contributed by atoms with van der Waals surface area (Å²) in [5.41, 5.74) is 0.903. The number of amides is 1. The molecule has 1 heterocycles. The molecule has 1 amide bonds. The molecule has 0 unspecified atom stereocenters. The third kappa shape index (κ3) is 5.94. The molecule has 4 rings (SSSR count). The van der Waals surface area contributed by atoms with E-state index in [-0.39, 0.29) is 17.8 Å². The van der Waals surface area contributed by atoms with Gasteiger partial charge in [-0.3, -0.25) is 4.79 Å². The Labute approximate surface area is 218 Å². The fourth-order valence-electron chi connectivity index (χ4n) is 3.95. The van der Waals surface area contributed by atoms with Gasteiger partial charge in [-0.05, 0) is 48.0 Å². The van der Waals surface area contributed by atoms with Crippen LogP contribution < -0.4 is 15.7 Å². The van der Waals surface area contributed by atoms with Crippen LogP contribution in [-0.4, -0.2) is 40.9 Å². The van der Waals surface area contributed by atoms with Crippen molar-refractivity contribution in [3.63, 3.8) is 0 Å². The van der Waals surface area contributed by atoms with Gasteiger partial charge >= 0.3 is 5.69 Å². The molecule has 4 aromatic rings. The summed E-state index contributed by atoms with van der Waals surface area (Å²) in [6.45, 7) is 0.804. The average molecular weight is 516 g/mol. The zero-order chi connectivity index (χ0) is 27.1. The third-order valence-electron chi connectivity index (χ3n) is 5.88. The zero-order valence-electron chi connectivity index (χ0n) is 20.6. The molecule has 9 heteroatoms. The highest BCUT2D eigenvalue weighted by atomic mass is 19.1. The largest absolute Gasteiger partial charge is 0.493 e. The van der Waals surface area contributed by atoms with Crippen molar-refractivity contribution in [2.24, 2.45) is 0 Å². The van der Waals surface area contributed by atoms with Crippen LogP contribution in [0.1, 0.15) is 17.2 Å². The number of anilines is 1. The van der Waals surface area contributed by atoms with Crippen LogP contribution in [0.2, 0.25) is 0 Å². The van der Waals surface area contributed by atoms with E-state index in [1.165, 1.54) is 12.1 Å². The van der Waals surface area contributed by atoms with Crippen LogP contribution in [0.4, 0.5) is 10.1 Å². The minimum atomic E-state index is -1.20. The summed E-state index contributed by atoms with van der Waals surface area (Å²) < 4.78 is 26.0. The normalized spacial score (nSPS) is 11.5. The fraction of sp³-hybridized carbons (Fsp3) is 0.172. The number of methoxy groups -OCH3 is 1. The number of ether oxygens (including phenoxy) is 2. The van der Waals surface area contributed by atoms with E-state index >= 15 is 0 Å². The first kappa shape index (κ1) is 26.3. The first-order valence-corrected chi connectivity index (χ1v) is 11.8. The number of nitrogens with one attached hydrogen (secondary N) is 2. The van der Waals surface area contributed by atoms with Crippen molar-refractivity contribution in [1.29, 1.82) is 0 Å². The Morgan fingerprint density at radius 3 is 2.53 bits per heavy atom. The topological polar surface area (TPSA) is 106 Å². The summed E-state index contributed by atoms with van der Waals surface area (Å²) in [6, 6.07) is 18.5. The number of carbonyl (C=O) groups is 1. The summed E-state index contributed by atoms with van der Waals surface area (Å²) >= 11 is 0. The molecular formula is C29H26FN3O5. The summed E-state index contributed by atoms with van der Waals surface area (Å²) in [5, 5.41) is 13.6. The Hall–Kier alpha value is -4.81. The highest BCUT2D eigenvalue weighted by molar-refractivity contribution is 5.94. The Balaban J connectivity index is 1.67.